The highest BCUT2D eigenvalue weighted by molar-refractivity contribution is 8.00. The van der Waals surface area contributed by atoms with E-state index in [0.717, 1.165) is 12.1 Å². The number of carboxylic acid groups (broad SMARTS) is 1. The number of halogens is 3. The number of carbonyl (C=O) groups is 1. The molecule has 0 bridgehead atoms. The number of hydrogen-bond acceptors (Lipinski definition) is 3. The Hall–Kier alpha value is -1.68. The van der Waals surface area contributed by atoms with Crippen molar-refractivity contribution < 1.29 is 23.1 Å². The summed E-state index contributed by atoms with van der Waals surface area (Å²) in [5.41, 5.74) is -4.85. The van der Waals surface area contributed by atoms with Gasteiger partial charge in [-0.1, -0.05) is 0 Å². The quantitative estimate of drug-likeness (QED) is 0.830. The van der Waals surface area contributed by atoms with Crippen LogP contribution in [0.5, 0.6) is 0 Å². The molecule has 0 aromatic heterocycles. The van der Waals surface area contributed by atoms with Gasteiger partial charge in [-0.2, -0.15) is 18.4 Å². The molecule has 0 saturated heterocycles. The maximum Gasteiger partial charge on any atom is 0.446 e. The molecule has 0 atom stereocenters. The van der Waals surface area contributed by atoms with E-state index >= 15 is 0 Å². The molecule has 0 saturated carbocycles. The van der Waals surface area contributed by atoms with E-state index in [-0.39, 0.29) is 16.0 Å². The summed E-state index contributed by atoms with van der Waals surface area (Å²) in [4.78, 5) is 10.6. The van der Waals surface area contributed by atoms with Crippen molar-refractivity contribution in [2.45, 2.75) is 17.3 Å². The summed E-state index contributed by atoms with van der Waals surface area (Å²) in [5.74, 6) is -1.43. The van der Waals surface area contributed by atoms with Gasteiger partial charge in [-0.3, -0.25) is 0 Å². The molecular weight excluding hydrogens is 255 g/mol. The van der Waals surface area contributed by atoms with Crippen molar-refractivity contribution in [3.05, 3.63) is 28.8 Å². The van der Waals surface area contributed by atoms with Crippen molar-refractivity contribution in [2.75, 3.05) is 0 Å². The second kappa shape index (κ2) is 4.67. The Balaban J connectivity index is 3.31. The monoisotopic (exact) mass is 261 g/mol. The van der Waals surface area contributed by atoms with Gasteiger partial charge < -0.3 is 5.11 Å². The number of hydrogen-bond donors (Lipinski definition) is 1. The number of rotatable bonds is 2. The van der Waals surface area contributed by atoms with Gasteiger partial charge in [0.15, 0.2) is 0 Å². The molecule has 1 rings (SSSR count). The van der Waals surface area contributed by atoms with Gasteiger partial charge in [-0.15, -0.1) is 0 Å². The van der Waals surface area contributed by atoms with Crippen LogP contribution in [-0.2, 0) is 0 Å². The van der Waals surface area contributed by atoms with Crippen molar-refractivity contribution in [3.8, 4) is 6.07 Å². The zero-order chi connectivity index (χ0) is 13.2. The first-order valence-corrected chi connectivity index (χ1v) is 5.10. The number of nitrogens with zero attached hydrogens (tertiary/aromatic N) is 1. The van der Waals surface area contributed by atoms with Crippen LogP contribution in [0.15, 0.2) is 17.0 Å². The normalized spacial score (nSPS) is 11.0. The molecule has 17 heavy (non-hydrogen) atoms. The van der Waals surface area contributed by atoms with Crippen LogP contribution in [0, 0.1) is 18.3 Å². The van der Waals surface area contributed by atoms with Gasteiger partial charge in [-0.25, -0.2) is 4.79 Å². The number of aryl methyl sites for hydroxylation is 1. The van der Waals surface area contributed by atoms with Crippen LogP contribution in [0.4, 0.5) is 13.2 Å². The van der Waals surface area contributed by atoms with E-state index in [4.69, 9.17) is 10.4 Å². The topological polar surface area (TPSA) is 61.1 Å². The standard InChI is InChI=1S/C10H6F3NO2S/c1-5-2-6(4-14)7(9(15)16)3-8(5)17-10(11,12)13/h2-3H,1H3,(H,15,16). The Morgan fingerprint density at radius 2 is 2.06 bits per heavy atom. The predicted molar refractivity (Wildman–Crippen MR) is 54.8 cm³/mol. The zero-order valence-electron chi connectivity index (χ0n) is 8.50. The third kappa shape index (κ3) is 3.39. The van der Waals surface area contributed by atoms with Crippen LogP contribution in [-0.4, -0.2) is 16.6 Å². The summed E-state index contributed by atoms with van der Waals surface area (Å²) in [5, 5.41) is 17.4. The van der Waals surface area contributed by atoms with E-state index in [9.17, 15) is 18.0 Å². The van der Waals surface area contributed by atoms with E-state index < -0.39 is 28.8 Å². The van der Waals surface area contributed by atoms with Gasteiger partial charge >= 0.3 is 11.5 Å². The van der Waals surface area contributed by atoms with Crippen molar-refractivity contribution in [3.63, 3.8) is 0 Å². The molecule has 1 aromatic rings. The van der Waals surface area contributed by atoms with E-state index in [1.807, 2.05) is 0 Å². The van der Waals surface area contributed by atoms with Crippen molar-refractivity contribution in [2.24, 2.45) is 0 Å². The smallest absolute Gasteiger partial charge is 0.446 e. The number of nitriles is 1. The molecule has 1 aromatic carbocycles. The lowest BCUT2D eigenvalue weighted by molar-refractivity contribution is -0.0328. The summed E-state index contributed by atoms with van der Waals surface area (Å²) < 4.78 is 36.6. The molecule has 7 heteroatoms. The Kier molecular flexibility index (Phi) is 3.68. The second-order valence-electron chi connectivity index (χ2n) is 3.13. The fraction of sp³-hybridized carbons (Fsp3) is 0.200. The molecule has 0 aliphatic rings. The molecule has 0 heterocycles. The minimum atomic E-state index is -4.49. The van der Waals surface area contributed by atoms with Crippen LogP contribution in [0.25, 0.3) is 0 Å². The fourth-order valence-corrected chi connectivity index (χ4v) is 1.84. The molecule has 3 nitrogen and oxygen atoms in total. The number of thioether (sulfide) groups is 1. The Labute approximate surface area is 98.9 Å². The molecule has 0 aliphatic heterocycles. The molecule has 90 valence electrons. The number of benzene rings is 1. The molecule has 0 spiro atoms. The third-order valence-corrected chi connectivity index (χ3v) is 2.78. The van der Waals surface area contributed by atoms with Crippen LogP contribution in [0.2, 0.25) is 0 Å². The van der Waals surface area contributed by atoms with Gasteiger partial charge in [0.2, 0.25) is 0 Å². The van der Waals surface area contributed by atoms with Gasteiger partial charge in [0.05, 0.1) is 11.1 Å². The first-order valence-electron chi connectivity index (χ1n) is 4.28. The second-order valence-corrected chi connectivity index (χ2v) is 4.23. The van der Waals surface area contributed by atoms with E-state index in [1.54, 1.807) is 6.07 Å². The molecule has 0 unspecified atom stereocenters. The van der Waals surface area contributed by atoms with Gasteiger partial charge in [-0.05, 0) is 36.4 Å². The first-order chi connectivity index (χ1) is 7.74. The summed E-state index contributed by atoms with van der Waals surface area (Å²) in [7, 11) is 0. The average Bonchev–Trinajstić information content (AvgIpc) is 2.18. The lowest BCUT2D eigenvalue weighted by Gasteiger charge is -2.10. The number of carboxylic acids is 1. The SMILES string of the molecule is Cc1cc(C#N)c(C(=O)O)cc1SC(F)(F)F. The molecule has 0 radical (unpaired) electrons. The molecule has 1 N–H and O–H groups in total. The minimum absolute atomic E-state index is 0.151. The number of alkyl halides is 3. The van der Waals surface area contributed by atoms with Crippen LogP contribution >= 0.6 is 11.8 Å². The molecule has 0 fully saturated rings. The molecule has 0 amide bonds. The molecular formula is C10H6F3NO2S. The lowest BCUT2D eigenvalue weighted by Crippen LogP contribution is -2.05. The fourth-order valence-electron chi connectivity index (χ4n) is 1.19. The van der Waals surface area contributed by atoms with E-state index in [0.29, 0.717) is 0 Å². The largest absolute Gasteiger partial charge is 0.478 e. The lowest BCUT2D eigenvalue weighted by atomic mass is 10.1. The van der Waals surface area contributed by atoms with Crippen molar-refractivity contribution in [1.82, 2.24) is 0 Å². The van der Waals surface area contributed by atoms with Crippen LogP contribution < -0.4 is 0 Å². The zero-order valence-corrected chi connectivity index (χ0v) is 9.32. The average molecular weight is 261 g/mol. The first kappa shape index (κ1) is 13.4. The summed E-state index contributed by atoms with van der Waals surface area (Å²) in [6, 6.07) is 3.64. The Bertz CT molecular complexity index is 505. The van der Waals surface area contributed by atoms with Gasteiger partial charge in [0.25, 0.3) is 0 Å². The van der Waals surface area contributed by atoms with E-state index in [1.165, 1.54) is 6.92 Å². The minimum Gasteiger partial charge on any atom is -0.478 e. The summed E-state index contributed by atoms with van der Waals surface area (Å²) >= 11 is -0.395. The van der Waals surface area contributed by atoms with Crippen LogP contribution in [0.3, 0.4) is 0 Å². The summed E-state index contributed by atoms with van der Waals surface area (Å²) in [6.07, 6.45) is 0. The highest BCUT2D eigenvalue weighted by Crippen LogP contribution is 2.39. The van der Waals surface area contributed by atoms with E-state index in [2.05, 4.69) is 0 Å². The van der Waals surface area contributed by atoms with Crippen molar-refractivity contribution in [1.29, 1.82) is 5.26 Å². The van der Waals surface area contributed by atoms with Crippen LogP contribution in [0.1, 0.15) is 21.5 Å². The van der Waals surface area contributed by atoms with Gasteiger partial charge in [0.1, 0.15) is 6.07 Å². The molecule has 0 aliphatic carbocycles. The maximum atomic E-state index is 12.2. The highest BCUT2D eigenvalue weighted by Gasteiger charge is 2.30. The Morgan fingerprint density at radius 3 is 2.47 bits per heavy atom. The maximum absolute atomic E-state index is 12.2. The Morgan fingerprint density at radius 1 is 1.47 bits per heavy atom. The highest BCUT2D eigenvalue weighted by atomic mass is 32.2. The predicted octanol–water partition coefficient (Wildman–Crippen LogP) is 3.18. The third-order valence-electron chi connectivity index (χ3n) is 1.89. The number of aromatic carboxylic acids is 1. The van der Waals surface area contributed by atoms with Crippen molar-refractivity contribution >= 4 is 17.7 Å². The summed E-state index contributed by atoms with van der Waals surface area (Å²) in [6.45, 7) is 1.39. The van der Waals surface area contributed by atoms with Gasteiger partial charge in [0, 0.05) is 4.90 Å².